The first-order valence-corrected chi connectivity index (χ1v) is 5.51. The summed E-state index contributed by atoms with van der Waals surface area (Å²) >= 11 is 5.66. The van der Waals surface area contributed by atoms with E-state index in [4.69, 9.17) is 23.1 Å². The van der Waals surface area contributed by atoms with Gasteiger partial charge in [0.2, 0.25) is 5.95 Å². The molecular formula is C10H20ClN5. The highest BCUT2D eigenvalue weighted by atomic mass is 35.5. The number of anilines is 2. The molecule has 0 atom stereocenters. The first-order valence-electron chi connectivity index (χ1n) is 5.13. The molecule has 0 aliphatic carbocycles. The lowest BCUT2D eigenvalue weighted by molar-refractivity contribution is 0.834. The normalized spacial score (nSPS) is 10.0. The first kappa shape index (κ1) is 14.9. The molecule has 1 aromatic rings. The van der Waals surface area contributed by atoms with Crippen LogP contribution in [0.15, 0.2) is 6.07 Å². The smallest absolute Gasteiger partial charge is 0.223 e. The summed E-state index contributed by atoms with van der Waals surface area (Å²) in [5, 5.41) is 3.42. The Balaban J connectivity index is 0.000000487. The molecule has 0 spiro atoms. The number of hydrogen-bond donors (Lipinski definition) is 3. The van der Waals surface area contributed by atoms with Crippen molar-refractivity contribution in [3.05, 3.63) is 11.2 Å². The molecular weight excluding hydrogens is 226 g/mol. The van der Waals surface area contributed by atoms with Gasteiger partial charge in [0.1, 0.15) is 11.0 Å². The largest absolute Gasteiger partial charge is 0.368 e. The van der Waals surface area contributed by atoms with Crippen LogP contribution in [0.1, 0.15) is 27.7 Å². The van der Waals surface area contributed by atoms with Crippen molar-refractivity contribution in [2.45, 2.75) is 39.8 Å². The number of rotatable bonds is 2. The third-order valence-electron chi connectivity index (χ3n) is 1.15. The van der Waals surface area contributed by atoms with Gasteiger partial charge >= 0.3 is 0 Å². The predicted molar refractivity (Wildman–Crippen MR) is 69.5 cm³/mol. The van der Waals surface area contributed by atoms with Gasteiger partial charge in [-0.25, -0.2) is 4.98 Å². The number of nitrogens with zero attached hydrogens (tertiary/aromatic N) is 2. The second-order valence-electron chi connectivity index (χ2n) is 3.98. The fourth-order valence-corrected chi connectivity index (χ4v) is 0.995. The fraction of sp³-hybridized carbons (Fsp3) is 0.600. The molecule has 0 aliphatic heterocycles. The van der Waals surface area contributed by atoms with Crippen LogP contribution in [0.25, 0.3) is 0 Å². The van der Waals surface area contributed by atoms with Gasteiger partial charge in [-0.05, 0) is 19.9 Å². The molecule has 0 bridgehead atoms. The van der Waals surface area contributed by atoms with E-state index in [1.807, 2.05) is 27.7 Å². The van der Waals surface area contributed by atoms with E-state index in [2.05, 4.69) is 15.3 Å². The zero-order valence-electron chi connectivity index (χ0n) is 10.2. The number of nitrogens with two attached hydrogens (primary N) is 2. The molecule has 0 aliphatic rings. The van der Waals surface area contributed by atoms with E-state index in [9.17, 15) is 0 Å². The van der Waals surface area contributed by atoms with E-state index >= 15 is 0 Å². The van der Waals surface area contributed by atoms with Gasteiger partial charge in [-0.1, -0.05) is 25.4 Å². The van der Waals surface area contributed by atoms with Gasteiger partial charge in [-0.3, -0.25) is 0 Å². The number of nitrogen functional groups attached to an aromatic ring is 1. The van der Waals surface area contributed by atoms with E-state index in [-0.39, 0.29) is 5.95 Å². The maximum Gasteiger partial charge on any atom is 0.223 e. The molecule has 6 heteroatoms. The SMILES string of the molecule is CC(C)N.CC(C)Nc1cc(Cl)nc(N)n1. The van der Waals surface area contributed by atoms with Crippen LogP contribution in [0, 0.1) is 0 Å². The minimum absolute atomic E-state index is 0.186. The first-order chi connectivity index (χ1) is 7.31. The van der Waals surface area contributed by atoms with Crippen LogP contribution in [0.4, 0.5) is 11.8 Å². The Morgan fingerprint density at radius 3 is 2.12 bits per heavy atom. The zero-order chi connectivity index (χ0) is 12.7. The average Bonchev–Trinajstić information content (AvgIpc) is 1.97. The van der Waals surface area contributed by atoms with Crippen molar-refractivity contribution in [2.75, 3.05) is 11.1 Å². The molecule has 5 nitrogen and oxygen atoms in total. The van der Waals surface area contributed by atoms with Crippen molar-refractivity contribution in [1.82, 2.24) is 9.97 Å². The third-order valence-corrected chi connectivity index (χ3v) is 1.34. The van der Waals surface area contributed by atoms with Gasteiger partial charge in [0.05, 0.1) is 0 Å². The number of hydrogen-bond acceptors (Lipinski definition) is 5. The zero-order valence-corrected chi connectivity index (χ0v) is 10.9. The van der Waals surface area contributed by atoms with Gasteiger partial charge in [0.15, 0.2) is 0 Å². The lowest BCUT2D eigenvalue weighted by atomic mass is 10.4. The Bertz CT molecular complexity index is 291. The molecule has 1 rings (SSSR count). The van der Waals surface area contributed by atoms with E-state index in [0.717, 1.165) is 0 Å². The monoisotopic (exact) mass is 245 g/mol. The molecule has 92 valence electrons. The summed E-state index contributed by atoms with van der Waals surface area (Å²) in [5.74, 6) is 0.841. The van der Waals surface area contributed by atoms with Crippen LogP contribution >= 0.6 is 11.6 Å². The Morgan fingerprint density at radius 1 is 1.25 bits per heavy atom. The Morgan fingerprint density at radius 2 is 1.75 bits per heavy atom. The van der Waals surface area contributed by atoms with Crippen molar-refractivity contribution in [3.63, 3.8) is 0 Å². The van der Waals surface area contributed by atoms with E-state index in [0.29, 0.717) is 23.1 Å². The molecule has 5 N–H and O–H groups in total. The molecule has 0 unspecified atom stereocenters. The van der Waals surface area contributed by atoms with Gasteiger partial charge in [-0.2, -0.15) is 4.98 Å². The number of aromatic nitrogens is 2. The molecule has 0 radical (unpaired) electrons. The quantitative estimate of drug-likeness (QED) is 0.693. The summed E-state index contributed by atoms with van der Waals surface area (Å²) < 4.78 is 0. The maximum absolute atomic E-state index is 5.66. The predicted octanol–water partition coefficient (Wildman–Crippen LogP) is 1.89. The lowest BCUT2D eigenvalue weighted by Crippen LogP contribution is -2.12. The number of nitrogens with one attached hydrogen (secondary N) is 1. The molecule has 0 amide bonds. The minimum Gasteiger partial charge on any atom is -0.368 e. The van der Waals surface area contributed by atoms with Gasteiger partial charge in [-0.15, -0.1) is 0 Å². The van der Waals surface area contributed by atoms with Gasteiger partial charge in [0.25, 0.3) is 0 Å². The third kappa shape index (κ3) is 8.26. The van der Waals surface area contributed by atoms with Crippen molar-refractivity contribution >= 4 is 23.4 Å². The van der Waals surface area contributed by atoms with Crippen molar-refractivity contribution in [3.8, 4) is 0 Å². The van der Waals surface area contributed by atoms with E-state index in [1.54, 1.807) is 6.07 Å². The van der Waals surface area contributed by atoms with Crippen LogP contribution in [0.5, 0.6) is 0 Å². The Labute approximate surface area is 102 Å². The summed E-state index contributed by atoms with van der Waals surface area (Å²) in [6.45, 7) is 7.90. The molecule has 0 saturated carbocycles. The van der Waals surface area contributed by atoms with Crippen molar-refractivity contribution < 1.29 is 0 Å². The summed E-state index contributed by atoms with van der Waals surface area (Å²) in [6, 6.07) is 2.27. The number of halogens is 1. The Kier molecular flexibility index (Phi) is 6.76. The topological polar surface area (TPSA) is 89.8 Å². The Hall–Kier alpha value is -1.07. The highest BCUT2D eigenvalue weighted by Gasteiger charge is 2.00. The van der Waals surface area contributed by atoms with Crippen LogP contribution < -0.4 is 16.8 Å². The fourth-order valence-electron chi connectivity index (χ4n) is 0.805. The summed E-state index contributed by atoms with van der Waals surface area (Å²) in [5.41, 5.74) is 10.5. The van der Waals surface area contributed by atoms with Crippen LogP contribution in [0.2, 0.25) is 5.15 Å². The van der Waals surface area contributed by atoms with Crippen molar-refractivity contribution in [1.29, 1.82) is 0 Å². The van der Waals surface area contributed by atoms with Crippen LogP contribution in [-0.4, -0.2) is 22.1 Å². The second-order valence-corrected chi connectivity index (χ2v) is 4.36. The van der Waals surface area contributed by atoms with E-state index in [1.165, 1.54) is 0 Å². The summed E-state index contributed by atoms with van der Waals surface area (Å²) in [6.07, 6.45) is 0. The average molecular weight is 246 g/mol. The summed E-state index contributed by atoms with van der Waals surface area (Å²) in [7, 11) is 0. The maximum atomic E-state index is 5.66. The highest BCUT2D eigenvalue weighted by molar-refractivity contribution is 6.29. The minimum atomic E-state index is 0.186. The molecule has 1 aromatic heterocycles. The molecule has 1 heterocycles. The van der Waals surface area contributed by atoms with Gasteiger partial charge in [0, 0.05) is 12.1 Å². The van der Waals surface area contributed by atoms with Crippen LogP contribution in [0.3, 0.4) is 0 Å². The molecule has 0 fully saturated rings. The van der Waals surface area contributed by atoms with E-state index < -0.39 is 0 Å². The molecule has 16 heavy (non-hydrogen) atoms. The lowest BCUT2D eigenvalue weighted by Gasteiger charge is -2.08. The molecule has 0 saturated heterocycles. The second kappa shape index (κ2) is 7.24. The van der Waals surface area contributed by atoms with Gasteiger partial charge < -0.3 is 16.8 Å². The van der Waals surface area contributed by atoms with Crippen LogP contribution in [-0.2, 0) is 0 Å². The molecule has 0 aromatic carbocycles. The van der Waals surface area contributed by atoms with Crippen molar-refractivity contribution in [2.24, 2.45) is 5.73 Å². The standard InChI is InChI=1S/C7H11ClN4.C3H9N/c1-4(2)10-6-3-5(8)11-7(9)12-6;1-3(2)4/h3-4H,1-2H3,(H3,9,10,11,12);3H,4H2,1-2H3. The highest BCUT2D eigenvalue weighted by Crippen LogP contribution is 2.12. The summed E-state index contributed by atoms with van der Waals surface area (Å²) in [4.78, 5) is 7.68.